The smallest absolute Gasteiger partial charge is 0.318 e. The first-order valence-electron chi connectivity index (χ1n) is 6.57. The number of carbonyl (C=O) groups excluding carboxylic acids is 1. The van der Waals surface area contributed by atoms with E-state index in [-0.39, 0.29) is 11.6 Å². The average Bonchev–Trinajstić information content (AvgIpc) is 2.36. The van der Waals surface area contributed by atoms with Crippen molar-refractivity contribution in [2.24, 2.45) is 0 Å². The predicted molar refractivity (Wildman–Crippen MR) is 77.4 cm³/mol. The highest BCUT2D eigenvalue weighted by Gasteiger charge is 2.24. The molecule has 4 heteroatoms. The van der Waals surface area contributed by atoms with Gasteiger partial charge in [0.2, 0.25) is 0 Å². The third-order valence-electron chi connectivity index (χ3n) is 2.97. The van der Waals surface area contributed by atoms with Crippen LogP contribution in [0.2, 0.25) is 0 Å². The second kappa shape index (κ2) is 6.45. The number of nitrogens with one attached hydrogen (secondary N) is 1. The maximum absolute atomic E-state index is 12.1. The molecule has 1 N–H and O–H groups in total. The quantitative estimate of drug-likeness (QED) is 0.908. The Bertz CT molecular complexity index is 407. The largest absolute Gasteiger partial charge is 0.497 e. The Morgan fingerprint density at radius 1 is 1.26 bits per heavy atom. The molecule has 0 radical (unpaired) electrons. The van der Waals surface area contributed by atoms with Crippen LogP contribution in [0.25, 0.3) is 0 Å². The number of ether oxygens (including phenoxy) is 1. The van der Waals surface area contributed by atoms with Crippen LogP contribution in [0.1, 0.15) is 33.3 Å². The van der Waals surface area contributed by atoms with Crippen molar-refractivity contribution in [1.29, 1.82) is 0 Å². The van der Waals surface area contributed by atoms with Gasteiger partial charge in [-0.15, -0.1) is 0 Å². The molecule has 0 atom stereocenters. The van der Waals surface area contributed by atoms with Gasteiger partial charge in [0.05, 0.1) is 7.11 Å². The van der Waals surface area contributed by atoms with E-state index < -0.39 is 0 Å². The molecule has 1 aromatic carbocycles. The highest BCUT2D eigenvalue weighted by molar-refractivity contribution is 5.74. The topological polar surface area (TPSA) is 41.6 Å². The molecule has 0 aliphatic rings. The minimum absolute atomic E-state index is 0.0363. The highest BCUT2D eigenvalue weighted by atomic mass is 16.5. The second-order valence-corrected chi connectivity index (χ2v) is 5.42. The number of benzene rings is 1. The summed E-state index contributed by atoms with van der Waals surface area (Å²) in [4.78, 5) is 13.9. The zero-order valence-electron chi connectivity index (χ0n) is 12.5. The van der Waals surface area contributed by atoms with Crippen LogP contribution in [0, 0.1) is 0 Å². The Kier molecular flexibility index (Phi) is 5.21. The van der Waals surface area contributed by atoms with Gasteiger partial charge in [0, 0.05) is 18.6 Å². The van der Waals surface area contributed by atoms with Crippen LogP contribution in [0.15, 0.2) is 24.3 Å². The Labute approximate surface area is 115 Å². The number of hydrogen-bond acceptors (Lipinski definition) is 2. The normalized spacial score (nSPS) is 11.0. The van der Waals surface area contributed by atoms with Crippen LogP contribution in [0.3, 0.4) is 0 Å². The van der Waals surface area contributed by atoms with E-state index in [4.69, 9.17) is 4.74 Å². The van der Waals surface area contributed by atoms with Gasteiger partial charge in [-0.2, -0.15) is 0 Å². The van der Waals surface area contributed by atoms with Crippen molar-refractivity contribution in [2.45, 2.75) is 39.8 Å². The summed E-state index contributed by atoms with van der Waals surface area (Å²) in [6.07, 6.45) is 0. The molecule has 0 spiro atoms. The zero-order valence-corrected chi connectivity index (χ0v) is 12.5. The van der Waals surface area contributed by atoms with E-state index in [1.54, 1.807) is 7.11 Å². The van der Waals surface area contributed by atoms with Gasteiger partial charge < -0.3 is 15.0 Å². The number of rotatable bonds is 4. The van der Waals surface area contributed by atoms with Crippen molar-refractivity contribution in [3.05, 3.63) is 29.8 Å². The molecule has 0 heterocycles. The summed E-state index contributed by atoms with van der Waals surface area (Å²) >= 11 is 0. The van der Waals surface area contributed by atoms with Crippen molar-refractivity contribution in [2.75, 3.05) is 13.7 Å². The highest BCUT2D eigenvalue weighted by Crippen LogP contribution is 2.14. The fraction of sp³-hybridized carbons (Fsp3) is 0.533. The molecule has 4 nitrogen and oxygen atoms in total. The molecule has 0 bridgehead atoms. The summed E-state index contributed by atoms with van der Waals surface area (Å²) in [5.41, 5.74) is 0.887. The molecule has 1 rings (SSSR count). The van der Waals surface area contributed by atoms with Gasteiger partial charge in [0.15, 0.2) is 0 Å². The summed E-state index contributed by atoms with van der Waals surface area (Å²) in [7, 11) is 1.64. The van der Waals surface area contributed by atoms with Crippen molar-refractivity contribution >= 4 is 6.03 Å². The minimum atomic E-state index is -0.168. The van der Waals surface area contributed by atoms with Crippen LogP contribution in [-0.2, 0) is 6.54 Å². The van der Waals surface area contributed by atoms with Crippen LogP contribution >= 0.6 is 0 Å². The van der Waals surface area contributed by atoms with Gasteiger partial charge in [-0.1, -0.05) is 12.1 Å². The summed E-state index contributed by atoms with van der Waals surface area (Å²) in [5, 5.41) is 2.94. The second-order valence-electron chi connectivity index (χ2n) is 5.42. The summed E-state index contributed by atoms with van der Waals surface area (Å²) in [5.74, 6) is 0.819. The third-order valence-corrected chi connectivity index (χ3v) is 2.97. The SMILES string of the molecule is CCN(C(=O)NCc1ccc(OC)cc1)C(C)(C)C. The van der Waals surface area contributed by atoms with E-state index in [1.165, 1.54) is 0 Å². The number of amides is 2. The lowest BCUT2D eigenvalue weighted by Crippen LogP contribution is -2.49. The monoisotopic (exact) mass is 264 g/mol. The van der Waals surface area contributed by atoms with Gasteiger partial charge in [-0.25, -0.2) is 4.79 Å². The van der Waals surface area contributed by atoms with Gasteiger partial charge in [0.1, 0.15) is 5.75 Å². The number of methoxy groups -OCH3 is 1. The maximum Gasteiger partial charge on any atom is 0.318 e. The average molecular weight is 264 g/mol. The van der Waals surface area contributed by atoms with E-state index in [2.05, 4.69) is 5.32 Å². The van der Waals surface area contributed by atoms with E-state index in [9.17, 15) is 4.79 Å². The first-order valence-corrected chi connectivity index (χ1v) is 6.57. The standard InChI is InChI=1S/C15H24N2O2/c1-6-17(15(2,3)4)14(18)16-11-12-7-9-13(19-5)10-8-12/h7-10H,6,11H2,1-5H3,(H,16,18). The molecule has 1 aromatic rings. The van der Waals surface area contributed by atoms with Crippen LogP contribution in [0.4, 0.5) is 4.79 Å². The Morgan fingerprint density at radius 3 is 2.26 bits per heavy atom. The van der Waals surface area contributed by atoms with E-state index >= 15 is 0 Å². The molecular formula is C15H24N2O2. The maximum atomic E-state index is 12.1. The summed E-state index contributed by atoms with van der Waals surface area (Å²) in [6, 6.07) is 7.65. The molecule has 106 valence electrons. The van der Waals surface area contributed by atoms with E-state index in [1.807, 2.05) is 56.9 Å². The molecule has 0 saturated carbocycles. The van der Waals surface area contributed by atoms with Crippen molar-refractivity contribution in [1.82, 2.24) is 10.2 Å². The Balaban J connectivity index is 2.57. The summed E-state index contributed by atoms with van der Waals surface area (Å²) in [6.45, 7) is 9.29. The van der Waals surface area contributed by atoms with Crippen LogP contribution in [-0.4, -0.2) is 30.1 Å². The van der Waals surface area contributed by atoms with Gasteiger partial charge in [-0.05, 0) is 45.4 Å². The zero-order chi connectivity index (χ0) is 14.5. The molecule has 0 unspecified atom stereocenters. The molecular weight excluding hydrogens is 240 g/mol. The molecule has 2 amide bonds. The number of nitrogens with zero attached hydrogens (tertiary/aromatic N) is 1. The Morgan fingerprint density at radius 2 is 1.84 bits per heavy atom. The lowest BCUT2D eigenvalue weighted by atomic mass is 10.1. The van der Waals surface area contributed by atoms with Crippen LogP contribution < -0.4 is 10.1 Å². The fourth-order valence-corrected chi connectivity index (χ4v) is 1.94. The summed E-state index contributed by atoms with van der Waals surface area (Å²) < 4.78 is 5.10. The molecule has 0 aromatic heterocycles. The molecule has 0 saturated heterocycles. The van der Waals surface area contributed by atoms with Crippen molar-refractivity contribution in [3.8, 4) is 5.75 Å². The van der Waals surface area contributed by atoms with E-state index in [0.29, 0.717) is 13.1 Å². The minimum Gasteiger partial charge on any atom is -0.497 e. The predicted octanol–water partition coefficient (Wildman–Crippen LogP) is 3.03. The molecule has 0 fully saturated rings. The van der Waals surface area contributed by atoms with Gasteiger partial charge in [-0.3, -0.25) is 0 Å². The first kappa shape index (κ1) is 15.3. The lowest BCUT2D eigenvalue weighted by Gasteiger charge is -2.34. The first-order chi connectivity index (χ1) is 8.88. The van der Waals surface area contributed by atoms with Gasteiger partial charge >= 0.3 is 6.03 Å². The molecule has 0 aliphatic heterocycles. The van der Waals surface area contributed by atoms with Gasteiger partial charge in [0.25, 0.3) is 0 Å². The molecule has 19 heavy (non-hydrogen) atoms. The Hall–Kier alpha value is -1.71. The number of urea groups is 1. The van der Waals surface area contributed by atoms with Crippen molar-refractivity contribution < 1.29 is 9.53 Å². The van der Waals surface area contributed by atoms with Crippen LogP contribution in [0.5, 0.6) is 5.75 Å². The lowest BCUT2D eigenvalue weighted by molar-refractivity contribution is 0.149. The van der Waals surface area contributed by atoms with Crippen molar-refractivity contribution in [3.63, 3.8) is 0 Å². The molecule has 0 aliphatic carbocycles. The number of hydrogen-bond donors (Lipinski definition) is 1. The fourth-order valence-electron chi connectivity index (χ4n) is 1.94. The number of carbonyl (C=O) groups is 1. The van der Waals surface area contributed by atoms with E-state index in [0.717, 1.165) is 11.3 Å². The third kappa shape index (κ3) is 4.47.